The highest BCUT2D eigenvalue weighted by Crippen LogP contribution is 2.17. The third-order valence-electron chi connectivity index (χ3n) is 1.67. The van der Waals surface area contributed by atoms with E-state index in [4.69, 9.17) is 4.42 Å². The summed E-state index contributed by atoms with van der Waals surface area (Å²) in [5.41, 5.74) is 1.64. The molecule has 0 N–H and O–H groups in total. The van der Waals surface area contributed by atoms with E-state index < -0.39 is 0 Å². The smallest absolute Gasteiger partial charge is 0.181 e. The van der Waals surface area contributed by atoms with Gasteiger partial charge in [-0.3, -0.25) is 9.78 Å². The van der Waals surface area contributed by atoms with Gasteiger partial charge in [0.05, 0.1) is 16.8 Å². The number of aromatic nitrogens is 1. The lowest BCUT2D eigenvalue weighted by Crippen LogP contribution is -1.99. The van der Waals surface area contributed by atoms with Gasteiger partial charge in [0, 0.05) is 6.20 Å². The first kappa shape index (κ1) is 9.61. The molecule has 0 bridgehead atoms. The minimum atomic E-state index is 0.0364. The van der Waals surface area contributed by atoms with Crippen molar-refractivity contribution in [3.63, 3.8) is 0 Å². The molecule has 5 heteroatoms. The largest absolute Gasteiger partial charge is 0.454 e. The Hall–Kier alpha value is -0.940. The van der Waals surface area contributed by atoms with Gasteiger partial charge in [0.1, 0.15) is 5.76 Å². The van der Waals surface area contributed by atoms with Crippen molar-refractivity contribution in [3.8, 4) is 0 Å². The number of rotatable bonds is 3. The quantitative estimate of drug-likeness (QED) is 0.807. The standard InChI is InChI=1S/C9H6BrNO2S/c10-9-2-1-6(13-9)3-7(12)8-4-11-5-14-8/h1-2,4-5H,3H2. The predicted molar refractivity (Wildman–Crippen MR) is 56.6 cm³/mol. The molecule has 0 amide bonds. The van der Waals surface area contributed by atoms with E-state index in [1.54, 1.807) is 23.8 Å². The summed E-state index contributed by atoms with van der Waals surface area (Å²) >= 11 is 4.53. The van der Waals surface area contributed by atoms with Gasteiger partial charge in [-0.15, -0.1) is 11.3 Å². The van der Waals surface area contributed by atoms with Crippen LogP contribution in [0, 0.1) is 0 Å². The van der Waals surface area contributed by atoms with Crippen LogP contribution >= 0.6 is 27.3 Å². The Labute approximate surface area is 92.9 Å². The first-order valence-corrected chi connectivity index (χ1v) is 5.59. The van der Waals surface area contributed by atoms with Crippen molar-refractivity contribution in [1.82, 2.24) is 4.98 Å². The molecule has 0 aliphatic heterocycles. The zero-order valence-corrected chi connectivity index (χ0v) is 9.47. The topological polar surface area (TPSA) is 43.1 Å². The number of thiazole rings is 1. The molecule has 2 aromatic rings. The summed E-state index contributed by atoms with van der Waals surface area (Å²) < 4.78 is 5.88. The molecule has 0 aliphatic rings. The lowest BCUT2D eigenvalue weighted by Gasteiger charge is -1.92. The van der Waals surface area contributed by atoms with Crippen LogP contribution in [0.2, 0.25) is 0 Å². The Balaban J connectivity index is 2.09. The van der Waals surface area contributed by atoms with Crippen LogP contribution in [0.25, 0.3) is 0 Å². The van der Waals surface area contributed by atoms with Crippen LogP contribution in [0.3, 0.4) is 0 Å². The van der Waals surface area contributed by atoms with E-state index in [1.807, 2.05) is 0 Å². The first-order valence-electron chi connectivity index (χ1n) is 3.91. The van der Waals surface area contributed by atoms with Crippen molar-refractivity contribution in [3.05, 3.63) is 39.1 Å². The van der Waals surface area contributed by atoms with Crippen molar-refractivity contribution in [1.29, 1.82) is 0 Å². The van der Waals surface area contributed by atoms with Crippen molar-refractivity contribution < 1.29 is 9.21 Å². The van der Waals surface area contributed by atoms with Crippen LogP contribution in [-0.4, -0.2) is 10.8 Å². The summed E-state index contributed by atoms with van der Waals surface area (Å²) in [7, 11) is 0. The average Bonchev–Trinajstić information content (AvgIpc) is 2.75. The van der Waals surface area contributed by atoms with Crippen LogP contribution in [0.15, 0.2) is 32.9 Å². The number of hydrogen-bond acceptors (Lipinski definition) is 4. The molecule has 0 fully saturated rings. The van der Waals surface area contributed by atoms with Crippen LogP contribution in [0.4, 0.5) is 0 Å². The average molecular weight is 272 g/mol. The highest BCUT2D eigenvalue weighted by atomic mass is 79.9. The van der Waals surface area contributed by atoms with Gasteiger partial charge in [0.15, 0.2) is 10.5 Å². The maximum absolute atomic E-state index is 11.6. The molecule has 3 nitrogen and oxygen atoms in total. The van der Waals surface area contributed by atoms with Gasteiger partial charge < -0.3 is 4.42 Å². The zero-order chi connectivity index (χ0) is 9.97. The van der Waals surface area contributed by atoms with E-state index in [9.17, 15) is 4.79 Å². The number of ketones is 1. The maximum atomic E-state index is 11.6. The molecule has 72 valence electrons. The maximum Gasteiger partial charge on any atom is 0.181 e. The third kappa shape index (κ3) is 2.10. The first-order chi connectivity index (χ1) is 6.75. The Morgan fingerprint density at radius 2 is 2.43 bits per heavy atom. The monoisotopic (exact) mass is 271 g/mol. The molecule has 0 atom stereocenters. The number of hydrogen-bond donors (Lipinski definition) is 0. The second-order valence-corrected chi connectivity index (χ2v) is 4.34. The van der Waals surface area contributed by atoms with E-state index in [0.717, 1.165) is 0 Å². The number of carbonyl (C=O) groups excluding carboxylic acids is 1. The molecule has 0 unspecified atom stereocenters. The van der Waals surface area contributed by atoms with Gasteiger partial charge in [-0.25, -0.2) is 0 Å². The third-order valence-corrected chi connectivity index (χ3v) is 2.91. The minimum Gasteiger partial charge on any atom is -0.454 e. The van der Waals surface area contributed by atoms with Crippen LogP contribution < -0.4 is 0 Å². The van der Waals surface area contributed by atoms with E-state index in [-0.39, 0.29) is 12.2 Å². The lowest BCUT2D eigenvalue weighted by atomic mass is 10.2. The van der Waals surface area contributed by atoms with Gasteiger partial charge in [0.2, 0.25) is 0 Å². The molecule has 14 heavy (non-hydrogen) atoms. The van der Waals surface area contributed by atoms with Crippen LogP contribution in [-0.2, 0) is 6.42 Å². The second kappa shape index (κ2) is 4.06. The molecular weight excluding hydrogens is 266 g/mol. The molecule has 2 rings (SSSR count). The van der Waals surface area contributed by atoms with Crippen molar-refractivity contribution >= 4 is 33.0 Å². The SMILES string of the molecule is O=C(Cc1ccc(Br)o1)c1cncs1. The van der Waals surface area contributed by atoms with Gasteiger partial charge in [-0.1, -0.05) is 0 Å². The Morgan fingerprint density at radius 1 is 1.57 bits per heavy atom. The zero-order valence-electron chi connectivity index (χ0n) is 7.07. The summed E-state index contributed by atoms with van der Waals surface area (Å²) in [6, 6.07) is 3.55. The summed E-state index contributed by atoms with van der Waals surface area (Å²) in [4.78, 5) is 16.1. The number of nitrogens with zero attached hydrogens (tertiary/aromatic N) is 1. The van der Waals surface area contributed by atoms with Crippen LogP contribution in [0.5, 0.6) is 0 Å². The molecule has 0 radical (unpaired) electrons. The summed E-state index contributed by atoms with van der Waals surface area (Å²) in [6.07, 6.45) is 1.86. The van der Waals surface area contributed by atoms with E-state index in [2.05, 4.69) is 20.9 Å². The Kier molecular flexibility index (Phi) is 2.79. The van der Waals surface area contributed by atoms with Gasteiger partial charge in [0.25, 0.3) is 0 Å². The fourth-order valence-electron chi connectivity index (χ4n) is 1.05. The molecule has 0 saturated carbocycles. The number of furan rings is 1. The lowest BCUT2D eigenvalue weighted by molar-refractivity contribution is 0.0990. The summed E-state index contributed by atoms with van der Waals surface area (Å²) in [5.74, 6) is 0.699. The Bertz CT molecular complexity index is 435. The van der Waals surface area contributed by atoms with Gasteiger partial charge in [-0.2, -0.15) is 0 Å². The molecule has 0 aromatic carbocycles. The molecule has 0 aliphatic carbocycles. The Morgan fingerprint density at radius 3 is 3.00 bits per heavy atom. The highest BCUT2D eigenvalue weighted by molar-refractivity contribution is 9.10. The molecule has 2 aromatic heterocycles. The number of carbonyl (C=O) groups is 1. The predicted octanol–water partition coefficient (Wildman–Crippen LogP) is 2.92. The molecule has 0 spiro atoms. The highest BCUT2D eigenvalue weighted by Gasteiger charge is 2.10. The fraction of sp³-hybridized carbons (Fsp3) is 0.111. The van der Waals surface area contributed by atoms with Crippen LogP contribution in [0.1, 0.15) is 15.4 Å². The number of Topliss-reactive ketones (excluding diaryl/α,β-unsaturated/α-hetero) is 1. The van der Waals surface area contributed by atoms with E-state index in [1.165, 1.54) is 11.3 Å². The second-order valence-electron chi connectivity index (χ2n) is 2.67. The normalized spacial score (nSPS) is 10.4. The van der Waals surface area contributed by atoms with Gasteiger partial charge >= 0.3 is 0 Å². The summed E-state index contributed by atoms with van der Waals surface area (Å²) in [6.45, 7) is 0. The molecule has 0 saturated heterocycles. The molecular formula is C9H6BrNO2S. The number of halogens is 1. The molecule has 2 heterocycles. The van der Waals surface area contributed by atoms with Gasteiger partial charge in [-0.05, 0) is 28.1 Å². The van der Waals surface area contributed by atoms with Crippen molar-refractivity contribution in [2.45, 2.75) is 6.42 Å². The summed E-state index contributed by atoms with van der Waals surface area (Å²) in [5, 5.41) is 0. The van der Waals surface area contributed by atoms with E-state index in [0.29, 0.717) is 15.3 Å². The minimum absolute atomic E-state index is 0.0364. The van der Waals surface area contributed by atoms with Crippen molar-refractivity contribution in [2.75, 3.05) is 0 Å². The fourth-order valence-corrected chi connectivity index (χ4v) is 1.95. The van der Waals surface area contributed by atoms with Crippen molar-refractivity contribution in [2.24, 2.45) is 0 Å². The van der Waals surface area contributed by atoms with E-state index >= 15 is 0 Å².